The quantitative estimate of drug-likeness (QED) is 0.901. The van der Waals surface area contributed by atoms with Gasteiger partial charge in [0, 0.05) is 12.6 Å². The largest absolute Gasteiger partial charge is 0.461 e. The molecular formula is C13H18N4O2. The van der Waals surface area contributed by atoms with Crippen molar-refractivity contribution in [3.05, 3.63) is 24.3 Å². The van der Waals surface area contributed by atoms with Gasteiger partial charge >= 0.3 is 0 Å². The van der Waals surface area contributed by atoms with Gasteiger partial charge in [0.2, 0.25) is 11.7 Å². The lowest BCUT2D eigenvalue weighted by atomic mass is 10.1. The number of nitrogens with zero attached hydrogens (tertiary/aromatic N) is 3. The van der Waals surface area contributed by atoms with E-state index in [2.05, 4.69) is 20.4 Å². The lowest BCUT2D eigenvalue weighted by molar-refractivity contribution is 0.167. The van der Waals surface area contributed by atoms with Gasteiger partial charge in [-0.25, -0.2) is 0 Å². The molecule has 1 aliphatic rings. The molecule has 2 aromatic heterocycles. The Morgan fingerprint density at radius 1 is 1.53 bits per heavy atom. The highest BCUT2D eigenvalue weighted by atomic mass is 16.5. The third-order valence-corrected chi connectivity index (χ3v) is 3.48. The van der Waals surface area contributed by atoms with E-state index in [9.17, 15) is 0 Å². The van der Waals surface area contributed by atoms with Crippen LogP contribution in [0.4, 0.5) is 0 Å². The van der Waals surface area contributed by atoms with Crippen LogP contribution in [0, 0.1) is 0 Å². The van der Waals surface area contributed by atoms with E-state index in [1.807, 2.05) is 19.2 Å². The van der Waals surface area contributed by atoms with Gasteiger partial charge in [0.15, 0.2) is 5.76 Å². The number of piperidine rings is 1. The zero-order chi connectivity index (χ0) is 13.1. The molecule has 1 atom stereocenters. The van der Waals surface area contributed by atoms with Crippen molar-refractivity contribution in [3.63, 3.8) is 0 Å². The van der Waals surface area contributed by atoms with Crippen LogP contribution in [0.1, 0.15) is 18.7 Å². The molecule has 2 aromatic rings. The minimum atomic E-state index is 0.516. The fourth-order valence-electron chi connectivity index (χ4n) is 2.45. The number of likely N-dealkylation sites (N-methyl/N-ethyl adjacent to an activating group) is 1. The molecule has 0 amide bonds. The van der Waals surface area contributed by atoms with Crippen LogP contribution in [-0.4, -0.2) is 41.2 Å². The summed E-state index contributed by atoms with van der Waals surface area (Å²) in [5.74, 6) is 1.80. The first-order valence-corrected chi connectivity index (χ1v) is 6.61. The topological polar surface area (TPSA) is 67.3 Å². The summed E-state index contributed by atoms with van der Waals surface area (Å²) in [6.07, 6.45) is 4.03. The van der Waals surface area contributed by atoms with Crippen LogP contribution >= 0.6 is 0 Å². The van der Waals surface area contributed by atoms with Crippen molar-refractivity contribution in [3.8, 4) is 11.6 Å². The second-order valence-corrected chi connectivity index (χ2v) is 4.85. The second kappa shape index (κ2) is 5.54. The third-order valence-electron chi connectivity index (χ3n) is 3.48. The molecule has 0 bridgehead atoms. The molecule has 1 saturated heterocycles. The fraction of sp³-hybridized carbons (Fsp3) is 0.538. The van der Waals surface area contributed by atoms with Crippen molar-refractivity contribution < 1.29 is 8.94 Å². The Morgan fingerprint density at radius 2 is 2.47 bits per heavy atom. The van der Waals surface area contributed by atoms with Crippen LogP contribution in [0.15, 0.2) is 27.3 Å². The molecule has 102 valence electrons. The highest BCUT2D eigenvalue weighted by molar-refractivity contribution is 5.44. The van der Waals surface area contributed by atoms with E-state index in [1.54, 1.807) is 6.26 Å². The van der Waals surface area contributed by atoms with Crippen LogP contribution in [0.25, 0.3) is 11.6 Å². The average Bonchev–Trinajstić information content (AvgIpc) is 3.09. The van der Waals surface area contributed by atoms with Gasteiger partial charge in [0.1, 0.15) is 0 Å². The van der Waals surface area contributed by atoms with Crippen molar-refractivity contribution in [2.24, 2.45) is 0 Å². The first-order chi connectivity index (χ1) is 9.35. The number of rotatable bonds is 4. The Hall–Kier alpha value is -1.66. The van der Waals surface area contributed by atoms with Gasteiger partial charge in [0.25, 0.3) is 0 Å². The lowest BCUT2D eigenvalue weighted by Crippen LogP contribution is -2.43. The Balaban J connectivity index is 1.64. The second-order valence-electron chi connectivity index (χ2n) is 4.85. The molecule has 6 heteroatoms. The third kappa shape index (κ3) is 2.85. The van der Waals surface area contributed by atoms with Crippen molar-refractivity contribution in [1.82, 2.24) is 20.4 Å². The zero-order valence-electron chi connectivity index (χ0n) is 11.0. The summed E-state index contributed by atoms with van der Waals surface area (Å²) in [6.45, 7) is 2.80. The number of hydrogen-bond donors (Lipinski definition) is 1. The molecule has 1 fully saturated rings. The van der Waals surface area contributed by atoms with Gasteiger partial charge in [-0.2, -0.15) is 4.98 Å². The summed E-state index contributed by atoms with van der Waals surface area (Å²) in [7, 11) is 2.01. The lowest BCUT2D eigenvalue weighted by Gasteiger charge is -2.31. The van der Waals surface area contributed by atoms with Crippen LogP contribution in [0.2, 0.25) is 0 Å². The van der Waals surface area contributed by atoms with Gasteiger partial charge < -0.3 is 14.3 Å². The Labute approximate surface area is 111 Å². The summed E-state index contributed by atoms with van der Waals surface area (Å²) in [6, 6.07) is 4.20. The van der Waals surface area contributed by atoms with E-state index in [-0.39, 0.29) is 0 Å². The molecule has 0 saturated carbocycles. The van der Waals surface area contributed by atoms with Gasteiger partial charge in [-0.05, 0) is 38.6 Å². The van der Waals surface area contributed by atoms with Crippen molar-refractivity contribution in [2.45, 2.75) is 25.4 Å². The first-order valence-electron chi connectivity index (χ1n) is 6.61. The van der Waals surface area contributed by atoms with E-state index in [4.69, 9.17) is 8.94 Å². The molecule has 1 N–H and O–H groups in total. The molecule has 3 heterocycles. The van der Waals surface area contributed by atoms with Crippen LogP contribution in [0.5, 0.6) is 0 Å². The van der Waals surface area contributed by atoms with E-state index >= 15 is 0 Å². The van der Waals surface area contributed by atoms with E-state index < -0.39 is 0 Å². The number of aromatic nitrogens is 2. The van der Waals surface area contributed by atoms with Crippen molar-refractivity contribution in [1.29, 1.82) is 0 Å². The Bertz CT molecular complexity index is 508. The summed E-state index contributed by atoms with van der Waals surface area (Å²) < 4.78 is 10.5. The van der Waals surface area contributed by atoms with Gasteiger partial charge in [0.05, 0.1) is 12.8 Å². The fourth-order valence-corrected chi connectivity index (χ4v) is 2.45. The summed E-state index contributed by atoms with van der Waals surface area (Å²) in [4.78, 5) is 6.70. The highest BCUT2D eigenvalue weighted by Gasteiger charge is 2.20. The minimum absolute atomic E-state index is 0.516. The Kier molecular flexibility index (Phi) is 3.61. The highest BCUT2D eigenvalue weighted by Crippen LogP contribution is 2.17. The maximum Gasteiger partial charge on any atom is 0.241 e. The van der Waals surface area contributed by atoms with Crippen LogP contribution < -0.4 is 5.32 Å². The summed E-state index contributed by atoms with van der Waals surface area (Å²) >= 11 is 0. The summed E-state index contributed by atoms with van der Waals surface area (Å²) in [5.41, 5.74) is 0. The van der Waals surface area contributed by atoms with E-state index in [0.29, 0.717) is 30.1 Å². The van der Waals surface area contributed by atoms with Gasteiger partial charge in [-0.3, -0.25) is 4.90 Å². The van der Waals surface area contributed by atoms with Crippen molar-refractivity contribution >= 4 is 0 Å². The zero-order valence-corrected chi connectivity index (χ0v) is 11.0. The minimum Gasteiger partial charge on any atom is -0.461 e. The van der Waals surface area contributed by atoms with E-state index in [0.717, 1.165) is 13.1 Å². The standard InChI is InChI=1S/C13H18N4O2/c1-14-10-4-2-6-17(8-10)9-12-15-13(16-19-12)11-5-3-7-18-11/h3,5,7,10,14H,2,4,6,8-9H2,1H3. The van der Waals surface area contributed by atoms with Gasteiger partial charge in [-0.15, -0.1) is 0 Å². The molecule has 0 spiro atoms. The van der Waals surface area contributed by atoms with Crippen molar-refractivity contribution in [2.75, 3.05) is 20.1 Å². The number of furan rings is 1. The molecule has 0 aromatic carbocycles. The average molecular weight is 262 g/mol. The van der Waals surface area contributed by atoms with Gasteiger partial charge in [-0.1, -0.05) is 5.16 Å². The molecule has 0 aliphatic carbocycles. The summed E-state index contributed by atoms with van der Waals surface area (Å²) in [5, 5.41) is 7.27. The molecule has 6 nitrogen and oxygen atoms in total. The molecule has 1 aliphatic heterocycles. The maximum absolute atomic E-state index is 5.28. The maximum atomic E-state index is 5.28. The number of hydrogen-bond acceptors (Lipinski definition) is 6. The SMILES string of the molecule is CNC1CCCN(Cc2nc(-c3ccco3)no2)C1. The molecular weight excluding hydrogens is 244 g/mol. The monoisotopic (exact) mass is 262 g/mol. The number of nitrogens with one attached hydrogen (secondary N) is 1. The smallest absolute Gasteiger partial charge is 0.241 e. The predicted molar refractivity (Wildman–Crippen MR) is 69.4 cm³/mol. The molecule has 3 rings (SSSR count). The molecule has 0 radical (unpaired) electrons. The van der Waals surface area contributed by atoms with Crippen LogP contribution in [-0.2, 0) is 6.54 Å². The molecule has 19 heavy (non-hydrogen) atoms. The predicted octanol–water partition coefficient (Wildman–Crippen LogP) is 1.51. The van der Waals surface area contributed by atoms with Crippen LogP contribution in [0.3, 0.4) is 0 Å². The van der Waals surface area contributed by atoms with E-state index in [1.165, 1.54) is 12.8 Å². The Morgan fingerprint density at radius 3 is 3.26 bits per heavy atom. The molecule has 1 unspecified atom stereocenters. The normalized spacial score (nSPS) is 20.8. The number of likely N-dealkylation sites (tertiary alicyclic amines) is 1. The first kappa shape index (κ1) is 12.4.